The molecule has 0 bridgehead atoms. The van der Waals surface area contributed by atoms with E-state index in [1.807, 2.05) is 0 Å². The third-order valence-corrected chi connectivity index (χ3v) is 5.18. The van der Waals surface area contributed by atoms with Crippen molar-refractivity contribution < 1.29 is 4.79 Å². The zero-order chi connectivity index (χ0) is 20.8. The highest BCUT2D eigenvalue weighted by Crippen LogP contribution is 2.05. The van der Waals surface area contributed by atoms with Crippen molar-refractivity contribution in [1.29, 1.82) is 0 Å². The maximum Gasteiger partial charge on any atom is 0.220 e. The van der Waals surface area contributed by atoms with Gasteiger partial charge < -0.3 is 10.2 Å². The lowest BCUT2D eigenvalue weighted by molar-refractivity contribution is -0.121. The average molecular weight is 401 g/mol. The molecule has 1 aliphatic heterocycles. The SMILES string of the molecule is CCCCC/C=C\C/C=C\C/C=C\C/C=C\CCCC(=O)NCCN1CCCC1. The van der Waals surface area contributed by atoms with E-state index in [0.717, 1.165) is 45.2 Å². The van der Waals surface area contributed by atoms with Crippen molar-refractivity contribution >= 4 is 5.91 Å². The second kappa shape index (κ2) is 19.7. The summed E-state index contributed by atoms with van der Waals surface area (Å²) in [5, 5.41) is 3.04. The summed E-state index contributed by atoms with van der Waals surface area (Å²) in [6, 6.07) is 0. The largest absolute Gasteiger partial charge is 0.355 e. The first kappa shape index (κ1) is 25.4. The maximum atomic E-state index is 11.8. The van der Waals surface area contributed by atoms with Crippen molar-refractivity contribution in [3.8, 4) is 0 Å². The van der Waals surface area contributed by atoms with E-state index in [9.17, 15) is 4.79 Å². The van der Waals surface area contributed by atoms with Crippen LogP contribution in [-0.2, 0) is 4.79 Å². The summed E-state index contributed by atoms with van der Waals surface area (Å²) in [5.41, 5.74) is 0. The van der Waals surface area contributed by atoms with Gasteiger partial charge in [-0.3, -0.25) is 4.79 Å². The minimum Gasteiger partial charge on any atom is -0.355 e. The summed E-state index contributed by atoms with van der Waals surface area (Å²) < 4.78 is 0. The minimum absolute atomic E-state index is 0.195. The van der Waals surface area contributed by atoms with E-state index in [1.165, 1.54) is 51.6 Å². The molecule has 0 aromatic rings. The van der Waals surface area contributed by atoms with Crippen LogP contribution < -0.4 is 5.32 Å². The van der Waals surface area contributed by atoms with Gasteiger partial charge in [-0.25, -0.2) is 0 Å². The van der Waals surface area contributed by atoms with Crippen molar-refractivity contribution in [2.75, 3.05) is 26.2 Å². The Morgan fingerprint density at radius 2 is 1.34 bits per heavy atom. The number of nitrogens with zero attached hydrogens (tertiary/aromatic N) is 1. The van der Waals surface area contributed by atoms with Gasteiger partial charge in [0.05, 0.1) is 0 Å². The molecular formula is C26H44N2O. The number of hydrogen-bond acceptors (Lipinski definition) is 2. The molecule has 3 heteroatoms. The van der Waals surface area contributed by atoms with Crippen LogP contribution in [0, 0.1) is 0 Å². The van der Waals surface area contributed by atoms with Crippen LogP contribution >= 0.6 is 0 Å². The highest BCUT2D eigenvalue weighted by atomic mass is 16.1. The quantitative estimate of drug-likeness (QED) is 0.228. The molecule has 0 unspecified atom stereocenters. The minimum atomic E-state index is 0.195. The van der Waals surface area contributed by atoms with Gasteiger partial charge in [0, 0.05) is 19.5 Å². The molecule has 0 atom stereocenters. The molecule has 1 N–H and O–H groups in total. The number of nitrogens with one attached hydrogen (secondary N) is 1. The fourth-order valence-corrected chi connectivity index (χ4v) is 3.39. The van der Waals surface area contributed by atoms with E-state index in [4.69, 9.17) is 0 Å². The summed E-state index contributed by atoms with van der Waals surface area (Å²) in [6.45, 7) is 6.43. The molecule has 164 valence electrons. The van der Waals surface area contributed by atoms with Crippen LogP contribution in [0.2, 0.25) is 0 Å². The second-order valence-electron chi connectivity index (χ2n) is 7.88. The Labute approximate surface area is 180 Å². The van der Waals surface area contributed by atoms with Crippen LogP contribution in [0.5, 0.6) is 0 Å². The van der Waals surface area contributed by atoms with E-state index in [-0.39, 0.29) is 5.91 Å². The lowest BCUT2D eigenvalue weighted by Gasteiger charge is -2.14. The number of likely N-dealkylation sites (tertiary alicyclic amines) is 1. The number of carbonyl (C=O) groups is 1. The predicted molar refractivity (Wildman–Crippen MR) is 127 cm³/mol. The molecule has 0 aliphatic carbocycles. The topological polar surface area (TPSA) is 32.3 Å². The maximum absolute atomic E-state index is 11.8. The molecule has 1 heterocycles. The van der Waals surface area contributed by atoms with Crippen LogP contribution in [0.4, 0.5) is 0 Å². The van der Waals surface area contributed by atoms with Gasteiger partial charge >= 0.3 is 0 Å². The number of amides is 1. The van der Waals surface area contributed by atoms with Gasteiger partial charge in [0.25, 0.3) is 0 Å². The Bertz CT molecular complexity index is 499. The summed E-state index contributed by atoms with van der Waals surface area (Å²) in [5.74, 6) is 0.195. The summed E-state index contributed by atoms with van der Waals surface area (Å²) in [4.78, 5) is 14.2. The molecule has 1 aliphatic rings. The number of allylic oxidation sites excluding steroid dienone is 8. The third-order valence-electron chi connectivity index (χ3n) is 5.18. The van der Waals surface area contributed by atoms with Crippen LogP contribution in [0.25, 0.3) is 0 Å². The van der Waals surface area contributed by atoms with Gasteiger partial charge in [0.2, 0.25) is 5.91 Å². The first-order valence-electron chi connectivity index (χ1n) is 11.9. The van der Waals surface area contributed by atoms with Crippen LogP contribution in [-0.4, -0.2) is 37.0 Å². The van der Waals surface area contributed by atoms with Crippen molar-refractivity contribution in [3.05, 3.63) is 48.6 Å². The Hall–Kier alpha value is -1.61. The molecule has 0 aromatic heterocycles. The molecule has 0 saturated carbocycles. The normalized spacial score (nSPS) is 15.6. The molecule has 29 heavy (non-hydrogen) atoms. The molecule has 1 rings (SSSR count). The van der Waals surface area contributed by atoms with Crippen LogP contribution in [0.15, 0.2) is 48.6 Å². The Kier molecular flexibility index (Phi) is 17.3. The molecule has 3 nitrogen and oxygen atoms in total. The van der Waals surface area contributed by atoms with Gasteiger partial charge in [0.15, 0.2) is 0 Å². The van der Waals surface area contributed by atoms with Gasteiger partial charge in [-0.05, 0) is 70.9 Å². The van der Waals surface area contributed by atoms with Crippen LogP contribution in [0.1, 0.15) is 84.0 Å². The highest BCUT2D eigenvalue weighted by molar-refractivity contribution is 5.75. The van der Waals surface area contributed by atoms with Crippen molar-refractivity contribution in [2.24, 2.45) is 0 Å². The summed E-state index contributed by atoms with van der Waals surface area (Å²) in [7, 11) is 0. The van der Waals surface area contributed by atoms with Gasteiger partial charge in [-0.15, -0.1) is 0 Å². The number of carbonyl (C=O) groups excluding carboxylic acids is 1. The number of rotatable bonds is 17. The van der Waals surface area contributed by atoms with E-state index in [2.05, 4.69) is 65.7 Å². The van der Waals surface area contributed by atoms with Crippen molar-refractivity contribution in [1.82, 2.24) is 10.2 Å². The monoisotopic (exact) mass is 400 g/mol. The number of unbranched alkanes of at least 4 members (excludes halogenated alkanes) is 4. The van der Waals surface area contributed by atoms with E-state index in [0.29, 0.717) is 6.42 Å². The molecule has 1 saturated heterocycles. The molecule has 0 aromatic carbocycles. The molecule has 1 amide bonds. The summed E-state index contributed by atoms with van der Waals surface area (Å²) in [6.07, 6.45) is 31.3. The molecule has 0 spiro atoms. The van der Waals surface area contributed by atoms with Crippen molar-refractivity contribution in [2.45, 2.75) is 84.0 Å². The average Bonchev–Trinajstić information content (AvgIpc) is 3.24. The van der Waals surface area contributed by atoms with E-state index < -0.39 is 0 Å². The second-order valence-corrected chi connectivity index (χ2v) is 7.88. The van der Waals surface area contributed by atoms with Gasteiger partial charge in [0.1, 0.15) is 0 Å². The van der Waals surface area contributed by atoms with Gasteiger partial charge in [-0.1, -0.05) is 68.4 Å². The van der Waals surface area contributed by atoms with Gasteiger partial charge in [-0.2, -0.15) is 0 Å². The van der Waals surface area contributed by atoms with Crippen molar-refractivity contribution in [3.63, 3.8) is 0 Å². The smallest absolute Gasteiger partial charge is 0.220 e. The molecule has 0 radical (unpaired) electrons. The standard InChI is InChI=1S/C26H44N2O/c1-2-3-4-5-6-7-8-9-10-11-12-13-14-15-16-17-18-21-26(29)27-22-25-28-23-19-20-24-28/h6-7,9-10,12-13,15-16H,2-5,8,11,14,17-25H2,1H3,(H,27,29)/b7-6-,10-9-,13-12-,16-15-. The third kappa shape index (κ3) is 17.0. The first-order chi connectivity index (χ1) is 14.3. The first-order valence-corrected chi connectivity index (χ1v) is 11.9. The fourth-order valence-electron chi connectivity index (χ4n) is 3.39. The lowest BCUT2D eigenvalue weighted by Crippen LogP contribution is -2.33. The Balaban J connectivity index is 1.87. The highest BCUT2D eigenvalue weighted by Gasteiger charge is 2.10. The van der Waals surface area contributed by atoms with Crippen LogP contribution in [0.3, 0.4) is 0 Å². The zero-order valence-electron chi connectivity index (χ0n) is 18.8. The summed E-state index contributed by atoms with van der Waals surface area (Å²) >= 11 is 0. The fraction of sp³-hybridized carbons (Fsp3) is 0.654. The Morgan fingerprint density at radius 3 is 1.93 bits per heavy atom. The zero-order valence-corrected chi connectivity index (χ0v) is 18.8. The molecular weight excluding hydrogens is 356 g/mol. The van der Waals surface area contributed by atoms with E-state index in [1.54, 1.807) is 0 Å². The Morgan fingerprint density at radius 1 is 0.793 bits per heavy atom. The lowest BCUT2D eigenvalue weighted by atomic mass is 10.2. The predicted octanol–water partition coefficient (Wildman–Crippen LogP) is 6.34. The molecule has 1 fully saturated rings. The van der Waals surface area contributed by atoms with E-state index >= 15 is 0 Å². The number of hydrogen-bond donors (Lipinski definition) is 1.